The van der Waals surface area contributed by atoms with Gasteiger partial charge in [-0.2, -0.15) is 11.8 Å². The monoisotopic (exact) mass is 663 g/mol. The largest absolute Gasteiger partial charge is 0.459 e. The van der Waals surface area contributed by atoms with Gasteiger partial charge in [0.15, 0.2) is 0 Å². The first kappa shape index (κ1) is 37.0. The van der Waals surface area contributed by atoms with Gasteiger partial charge in [-0.3, -0.25) is 4.79 Å². The third kappa shape index (κ3) is 15.6. The molecule has 252 valence electrons. The molecule has 3 aromatic rings. The van der Waals surface area contributed by atoms with Gasteiger partial charge in [0.1, 0.15) is 31.9 Å². The first-order valence-corrected chi connectivity index (χ1v) is 17.1. The summed E-state index contributed by atoms with van der Waals surface area (Å²) in [6.45, 7) is 2.70. The summed E-state index contributed by atoms with van der Waals surface area (Å²) in [6.07, 6.45) is 2.04. The first-order chi connectivity index (χ1) is 22.9. The normalized spacial score (nSPS) is 11.9. The van der Waals surface area contributed by atoms with Crippen LogP contribution < -0.4 is 16.0 Å². The lowest BCUT2D eigenvalue weighted by atomic mass is 10.1. The molecule has 0 radical (unpaired) electrons. The minimum absolute atomic E-state index is 0.0568. The second kappa shape index (κ2) is 22.1. The van der Waals surface area contributed by atoms with E-state index in [9.17, 15) is 19.2 Å². The van der Waals surface area contributed by atoms with E-state index in [0.29, 0.717) is 25.1 Å². The van der Waals surface area contributed by atoms with Gasteiger partial charge in [0, 0.05) is 12.3 Å². The van der Waals surface area contributed by atoms with Gasteiger partial charge in [0.25, 0.3) is 0 Å². The number of amides is 3. The van der Waals surface area contributed by atoms with E-state index in [1.54, 1.807) is 11.8 Å². The maximum Gasteiger partial charge on any atom is 0.408 e. The van der Waals surface area contributed by atoms with Crippen LogP contribution in [0.1, 0.15) is 55.7 Å². The van der Waals surface area contributed by atoms with E-state index in [-0.39, 0.29) is 26.2 Å². The molecule has 3 N–H and O–H groups in total. The molecule has 0 fully saturated rings. The molecular weight excluding hydrogens is 618 g/mol. The lowest BCUT2D eigenvalue weighted by Crippen LogP contribution is -2.53. The molecule has 3 rings (SSSR count). The van der Waals surface area contributed by atoms with Crippen LogP contribution in [0.25, 0.3) is 0 Å². The quantitative estimate of drug-likeness (QED) is 0.0747. The fourth-order valence-electron chi connectivity index (χ4n) is 4.33. The fraction of sp³-hybridized carbons (Fsp3) is 0.389. The van der Waals surface area contributed by atoms with Gasteiger partial charge in [-0.05, 0) is 48.1 Å². The minimum Gasteiger partial charge on any atom is -0.459 e. The summed E-state index contributed by atoms with van der Waals surface area (Å²) in [6, 6.07) is 26.0. The minimum atomic E-state index is -0.957. The predicted octanol–water partition coefficient (Wildman–Crippen LogP) is 6.14. The van der Waals surface area contributed by atoms with Crippen LogP contribution >= 0.6 is 11.8 Å². The van der Waals surface area contributed by atoms with Crippen LogP contribution in [0.4, 0.5) is 9.59 Å². The number of rotatable bonds is 20. The van der Waals surface area contributed by atoms with E-state index in [4.69, 9.17) is 14.2 Å². The van der Waals surface area contributed by atoms with Crippen LogP contribution in [-0.4, -0.2) is 54.2 Å². The van der Waals surface area contributed by atoms with Gasteiger partial charge >= 0.3 is 18.2 Å². The van der Waals surface area contributed by atoms with Crippen molar-refractivity contribution in [3.05, 3.63) is 108 Å². The maximum atomic E-state index is 13.5. The highest BCUT2D eigenvalue weighted by molar-refractivity contribution is 7.99. The summed E-state index contributed by atoms with van der Waals surface area (Å²) >= 11 is 1.54. The highest BCUT2D eigenvalue weighted by Crippen LogP contribution is 2.11. The number of hydrogen-bond donors (Lipinski definition) is 3. The van der Waals surface area contributed by atoms with Gasteiger partial charge in [-0.1, -0.05) is 104 Å². The Morgan fingerprint density at radius 1 is 0.638 bits per heavy atom. The number of esters is 1. The summed E-state index contributed by atoms with van der Waals surface area (Å²) in [4.78, 5) is 51.5. The second-order valence-corrected chi connectivity index (χ2v) is 12.0. The zero-order valence-corrected chi connectivity index (χ0v) is 27.7. The number of hydrogen-bond acceptors (Lipinski definition) is 8. The molecule has 0 bridgehead atoms. The summed E-state index contributed by atoms with van der Waals surface area (Å²) in [5.74, 6) is 0.0497. The molecule has 0 unspecified atom stereocenters. The SMILES string of the molecule is CCCCSC[C@@H](NC(=O)OCc1ccccc1)C(=O)N[C@@H](CCCCNC(=O)OCc1ccccc1)C(=O)OCc1ccccc1. The Bertz CT molecular complexity index is 1350. The van der Waals surface area contributed by atoms with Crippen molar-refractivity contribution in [2.45, 2.75) is 70.9 Å². The Kier molecular flexibility index (Phi) is 17.4. The van der Waals surface area contributed by atoms with Crippen molar-refractivity contribution < 1.29 is 33.4 Å². The fourth-order valence-corrected chi connectivity index (χ4v) is 5.46. The number of unbranched alkanes of at least 4 members (excludes halogenated alkanes) is 2. The maximum absolute atomic E-state index is 13.5. The Morgan fingerprint density at radius 2 is 1.17 bits per heavy atom. The average Bonchev–Trinajstić information content (AvgIpc) is 3.10. The molecule has 11 heteroatoms. The van der Waals surface area contributed by atoms with Crippen molar-refractivity contribution in [2.75, 3.05) is 18.1 Å². The predicted molar refractivity (Wildman–Crippen MR) is 182 cm³/mol. The molecule has 0 spiro atoms. The lowest BCUT2D eigenvalue weighted by Gasteiger charge is -2.22. The molecule has 3 amide bonds. The Morgan fingerprint density at radius 3 is 1.72 bits per heavy atom. The van der Waals surface area contributed by atoms with Gasteiger partial charge in [0.2, 0.25) is 5.91 Å². The number of alkyl carbamates (subject to hydrolysis) is 2. The highest BCUT2D eigenvalue weighted by atomic mass is 32.2. The summed E-state index contributed by atoms with van der Waals surface area (Å²) in [7, 11) is 0. The Balaban J connectivity index is 1.55. The van der Waals surface area contributed by atoms with Gasteiger partial charge in [0.05, 0.1) is 0 Å². The number of carbonyl (C=O) groups excluding carboxylic acids is 4. The van der Waals surface area contributed by atoms with Crippen LogP contribution in [-0.2, 0) is 43.6 Å². The van der Waals surface area contributed by atoms with Crippen molar-refractivity contribution in [1.29, 1.82) is 0 Å². The van der Waals surface area contributed by atoms with Gasteiger partial charge < -0.3 is 30.2 Å². The van der Waals surface area contributed by atoms with Crippen molar-refractivity contribution in [3.8, 4) is 0 Å². The third-order valence-electron chi connectivity index (χ3n) is 6.97. The molecule has 0 saturated heterocycles. The standard InChI is InChI=1S/C36H45N3O7S/c1-2-3-23-47-27-32(39-36(43)46-26-30-19-11-6-12-20-30)33(40)38-31(34(41)44-24-28-15-7-4-8-16-28)21-13-14-22-37-35(42)45-25-29-17-9-5-10-18-29/h4-12,15-20,31-32H,2-3,13-14,21-27H2,1H3,(H,37,42)(H,38,40)(H,39,43)/t31-,32+/m0/s1. The van der Waals surface area contributed by atoms with Crippen molar-refractivity contribution in [1.82, 2.24) is 16.0 Å². The Labute approximate surface area is 281 Å². The topological polar surface area (TPSA) is 132 Å². The van der Waals surface area contributed by atoms with E-state index in [0.717, 1.165) is 35.3 Å². The molecule has 0 heterocycles. The van der Waals surface area contributed by atoms with E-state index >= 15 is 0 Å². The number of ether oxygens (including phenoxy) is 3. The van der Waals surface area contributed by atoms with Gasteiger partial charge in [-0.25, -0.2) is 14.4 Å². The van der Waals surface area contributed by atoms with E-state index < -0.39 is 36.1 Å². The van der Waals surface area contributed by atoms with Crippen LogP contribution in [0.15, 0.2) is 91.0 Å². The smallest absolute Gasteiger partial charge is 0.408 e. The third-order valence-corrected chi connectivity index (χ3v) is 8.12. The molecular formula is C36H45N3O7S. The zero-order valence-electron chi connectivity index (χ0n) is 26.9. The summed E-state index contributed by atoms with van der Waals surface area (Å²) in [5, 5.41) is 8.18. The molecule has 3 aromatic carbocycles. The molecule has 0 saturated carbocycles. The number of thioether (sulfide) groups is 1. The molecule has 0 aliphatic rings. The number of benzene rings is 3. The molecule has 2 atom stereocenters. The Hall–Kier alpha value is -4.51. The van der Waals surface area contributed by atoms with Crippen LogP contribution in [0.3, 0.4) is 0 Å². The van der Waals surface area contributed by atoms with Crippen LogP contribution in [0.2, 0.25) is 0 Å². The van der Waals surface area contributed by atoms with E-state index in [2.05, 4.69) is 22.9 Å². The van der Waals surface area contributed by atoms with Crippen LogP contribution in [0, 0.1) is 0 Å². The number of carbonyl (C=O) groups is 4. The van der Waals surface area contributed by atoms with E-state index in [1.807, 2.05) is 91.0 Å². The molecule has 47 heavy (non-hydrogen) atoms. The van der Waals surface area contributed by atoms with Crippen molar-refractivity contribution in [3.63, 3.8) is 0 Å². The lowest BCUT2D eigenvalue weighted by molar-refractivity contribution is -0.149. The van der Waals surface area contributed by atoms with Crippen LogP contribution in [0.5, 0.6) is 0 Å². The zero-order chi connectivity index (χ0) is 33.5. The first-order valence-electron chi connectivity index (χ1n) is 15.9. The number of nitrogens with one attached hydrogen (secondary N) is 3. The van der Waals surface area contributed by atoms with Crippen molar-refractivity contribution in [2.24, 2.45) is 0 Å². The van der Waals surface area contributed by atoms with Crippen molar-refractivity contribution >= 4 is 35.8 Å². The average molecular weight is 664 g/mol. The van der Waals surface area contributed by atoms with Gasteiger partial charge in [-0.15, -0.1) is 0 Å². The van der Waals surface area contributed by atoms with E-state index in [1.165, 1.54) is 0 Å². The molecule has 0 aromatic heterocycles. The summed E-state index contributed by atoms with van der Waals surface area (Å²) in [5.41, 5.74) is 2.52. The highest BCUT2D eigenvalue weighted by Gasteiger charge is 2.28. The molecule has 0 aliphatic carbocycles. The second-order valence-electron chi connectivity index (χ2n) is 10.8. The summed E-state index contributed by atoms with van der Waals surface area (Å²) < 4.78 is 16.2. The molecule has 10 nitrogen and oxygen atoms in total. The molecule has 0 aliphatic heterocycles.